The van der Waals surface area contributed by atoms with E-state index in [1.165, 1.54) is 23.2 Å². The second-order valence-electron chi connectivity index (χ2n) is 8.73. The second-order valence-corrected chi connectivity index (χ2v) is 8.73. The largest absolute Gasteiger partial charge is 0.352 e. The van der Waals surface area contributed by atoms with Crippen molar-refractivity contribution in [3.63, 3.8) is 0 Å². The summed E-state index contributed by atoms with van der Waals surface area (Å²) in [6.45, 7) is 8.05. The fourth-order valence-corrected chi connectivity index (χ4v) is 3.98. The molecule has 1 aliphatic heterocycles. The summed E-state index contributed by atoms with van der Waals surface area (Å²) < 4.78 is 1.42. The van der Waals surface area contributed by atoms with Crippen LogP contribution in [0.3, 0.4) is 0 Å². The molecule has 0 aliphatic carbocycles. The number of hydrogen-bond acceptors (Lipinski definition) is 5. The van der Waals surface area contributed by atoms with E-state index in [-0.39, 0.29) is 17.4 Å². The van der Waals surface area contributed by atoms with Crippen LogP contribution in [0.25, 0.3) is 5.69 Å². The topological polar surface area (TPSA) is 87.5 Å². The minimum absolute atomic E-state index is 0.0443. The summed E-state index contributed by atoms with van der Waals surface area (Å²) in [5, 5.41) is 7.29. The molecule has 2 heterocycles. The SMILES string of the molecule is CC(=O)Nc1ccc(C(=O)N2CCN(c3ccc(=O)n(-c4ccc(C(C)C)cc4)n3)CC2)cc1. The number of piperazine rings is 1. The highest BCUT2D eigenvalue weighted by Crippen LogP contribution is 2.18. The van der Waals surface area contributed by atoms with Crippen molar-refractivity contribution in [3.8, 4) is 5.69 Å². The van der Waals surface area contributed by atoms with Gasteiger partial charge in [0.25, 0.3) is 11.5 Å². The van der Waals surface area contributed by atoms with Gasteiger partial charge in [0.15, 0.2) is 0 Å². The quantitative estimate of drug-likeness (QED) is 0.633. The van der Waals surface area contributed by atoms with E-state index in [0.29, 0.717) is 49.2 Å². The zero-order valence-electron chi connectivity index (χ0n) is 19.7. The number of anilines is 2. The van der Waals surface area contributed by atoms with Crippen LogP contribution < -0.4 is 15.8 Å². The number of benzene rings is 2. The molecule has 1 N–H and O–H groups in total. The first kappa shape index (κ1) is 23.2. The highest BCUT2D eigenvalue weighted by Gasteiger charge is 2.23. The Morgan fingerprint density at radius 1 is 0.882 bits per heavy atom. The van der Waals surface area contributed by atoms with Gasteiger partial charge in [-0.05, 0) is 53.9 Å². The number of hydrogen-bond donors (Lipinski definition) is 1. The molecule has 0 bridgehead atoms. The molecule has 34 heavy (non-hydrogen) atoms. The van der Waals surface area contributed by atoms with Gasteiger partial charge in [0.05, 0.1) is 5.69 Å². The molecule has 0 unspecified atom stereocenters. The van der Waals surface area contributed by atoms with E-state index in [1.54, 1.807) is 30.3 Å². The smallest absolute Gasteiger partial charge is 0.271 e. The monoisotopic (exact) mass is 459 g/mol. The van der Waals surface area contributed by atoms with E-state index in [2.05, 4.69) is 29.2 Å². The van der Waals surface area contributed by atoms with Crippen LogP contribution in [0.2, 0.25) is 0 Å². The molecule has 4 rings (SSSR count). The lowest BCUT2D eigenvalue weighted by molar-refractivity contribution is -0.114. The van der Waals surface area contributed by atoms with Gasteiger partial charge in [-0.3, -0.25) is 14.4 Å². The zero-order chi connectivity index (χ0) is 24.2. The lowest BCUT2D eigenvalue weighted by Gasteiger charge is -2.35. The van der Waals surface area contributed by atoms with Gasteiger partial charge in [-0.25, -0.2) is 0 Å². The predicted octanol–water partition coefficient (Wildman–Crippen LogP) is 3.28. The van der Waals surface area contributed by atoms with Crippen molar-refractivity contribution < 1.29 is 9.59 Å². The number of rotatable bonds is 5. The van der Waals surface area contributed by atoms with Gasteiger partial charge in [0, 0.05) is 50.4 Å². The number of carbonyl (C=O) groups excluding carboxylic acids is 2. The van der Waals surface area contributed by atoms with Crippen LogP contribution in [0, 0.1) is 0 Å². The highest BCUT2D eigenvalue weighted by atomic mass is 16.2. The van der Waals surface area contributed by atoms with Crippen LogP contribution in [-0.2, 0) is 4.79 Å². The fourth-order valence-electron chi connectivity index (χ4n) is 3.98. The zero-order valence-corrected chi connectivity index (χ0v) is 19.7. The van der Waals surface area contributed by atoms with Crippen LogP contribution in [-0.4, -0.2) is 52.7 Å². The van der Waals surface area contributed by atoms with Crippen LogP contribution in [0.1, 0.15) is 42.6 Å². The normalized spacial score (nSPS) is 13.8. The summed E-state index contributed by atoms with van der Waals surface area (Å²) >= 11 is 0. The van der Waals surface area contributed by atoms with Crippen molar-refractivity contribution >= 4 is 23.3 Å². The molecule has 3 aromatic rings. The van der Waals surface area contributed by atoms with E-state index < -0.39 is 0 Å². The predicted molar refractivity (Wildman–Crippen MR) is 133 cm³/mol. The Hall–Kier alpha value is -3.94. The van der Waals surface area contributed by atoms with Crippen LogP contribution in [0.5, 0.6) is 0 Å². The summed E-state index contributed by atoms with van der Waals surface area (Å²) in [5.74, 6) is 0.929. The molecule has 8 heteroatoms. The Bertz CT molecular complexity index is 1220. The third-order valence-electron chi connectivity index (χ3n) is 5.93. The first-order chi connectivity index (χ1) is 16.3. The van der Waals surface area contributed by atoms with Crippen molar-refractivity contribution in [2.45, 2.75) is 26.7 Å². The molecule has 2 aromatic carbocycles. The third-order valence-corrected chi connectivity index (χ3v) is 5.93. The molecule has 176 valence electrons. The maximum absolute atomic E-state index is 12.9. The molecule has 0 radical (unpaired) electrons. The van der Waals surface area contributed by atoms with Crippen molar-refractivity contribution in [3.05, 3.63) is 82.1 Å². The van der Waals surface area contributed by atoms with E-state index in [0.717, 1.165) is 5.69 Å². The van der Waals surface area contributed by atoms with Gasteiger partial charge in [-0.15, -0.1) is 5.10 Å². The molecule has 8 nitrogen and oxygen atoms in total. The summed E-state index contributed by atoms with van der Waals surface area (Å²) in [7, 11) is 0. The maximum atomic E-state index is 12.9. The van der Waals surface area contributed by atoms with Crippen molar-refractivity contribution in [2.75, 3.05) is 36.4 Å². The lowest BCUT2D eigenvalue weighted by atomic mass is 10.0. The Morgan fingerprint density at radius 3 is 2.12 bits per heavy atom. The summed E-state index contributed by atoms with van der Waals surface area (Å²) in [6, 6.07) is 18.1. The van der Waals surface area contributed by atoms with Gasteiger partial charge in [0.1, 0.15) is 5.82 Å². The second kappa shape index (κ2) is 9.91. The molecule has 0 atom stereocenters. The van der Waals surface area contributed by atoms with Crippen molar-refractivity contribution in [1.82, 2.24) is 14.7 Å². The Labute approximate surface area is 198 Å². The summed E-state index contributed by atoms with van der Waals surface area (Å²) in [6.07, 6.45) is 0. The average molecular weight is 460 g/mol. The van der Waals surface area contributed by atoms with Gasteiger partial charge in [-0.1, -0.05) is 26.0 Å². The molecule has 1 aliphatic rings. The Morgan fingerprint density at radius 2 is 1.53 bits per heavy atom. The van der Waals surface area contributed by atoms with E-state index >= 15 is 0 Å². The summed E-state index contributed by atoms with van der Waals surface area (Å²) in [4.78, 5) is 40.4. The molecular formula is C26H29N5O3. The van der Waals surface area contributed by atoms with Crippen LogP contribution >= 0.6 is 0 Å². The highest BCUT2D eigenvalue weighted by molar-refractivity contribution is 5.95. The number of amides is 2. The van der Waals surface area contributed by atoms with Gasteiger partial charge >= 0.3 is 0 Å². The van der Waals surface area contributed by atoms with Gasteiger partial charge < -0.3 is 15.1 Å². The lowest BCUT2D eigenvalue weighted by Crippen LogP contribution is -2.49. The van der Waals surface area contributed by atoms with Crippen LogP contribution in [0.4, 0.5) is 11.5 Å². The summed E-state index contributed by atoms with van der Waals surface area (Å²) in [5.41, 5.74) is 3.00. The number of nitrogens with one attached hydrogen (secondary N) is 1. The maximum Gasteiger partial charge on any atom is 0.271 e. The standard InChI is InChI=1S/C26H29N5O3/c1-18(2)20-6-10-23(11-7-20)31-25(33)13-12-24(28-31)29-14-16-30(17-15-29)26(34)21-4-8-22(9-5-21)27-19(3)32/h4-13,18H,14-17H2,1-3H3,(H,27,32). The van der Waals surface area contributed by atoms with E-state index in [4.69, 9.17) is 0 Å². The van der Waals surface area contributed by atoms with Crippen molar-refractivity contribution in [2.24, 2.45) is 0 Å². The minimum atomic E-state index is -0.183. The fraction of sp³-hybridized carbons (Fsp3) is 0.308. The first-order valence-electron chi connectivity index (χ1n) is 11.4. The Balaban J connectivity index is 1.43. The van der Waals surface area contributed by atoms with E-state index in [9.17, 15) is 14.4 Å². The van der Waals surface area contributed by atoms with Gasteiger partial charge in [0.2, 0.25) is 5.91 Å². The Kier molecular flexibility index (Phi) is 6.77. The number of carbonyl (C=O) groups is 2. The first-order valence-corrected chi connectivity index (χ1v) is 11.4. The number of aromatic nitrogens is 2. The molecule has 0 spiro atoms. The molecule has 2 amide bonds. The van der Waals surface area contributed by atoms with Gasteiger partial charge in [-0.2, -0.15) is 4.68 Å². The number of nitrogens with zero attached hydrogens (tertiary/aromatic N) is 4. The molecular weight excluding hydrogens is 430 g/mol. The van der Waals surface area contributed by atoms with Crippen molar-refractivity contribution in [1.29, 1.82) is 0 Å². The molecule has 1 aromatic heterocycles. The molecule has 1 fully saturated rings. The average Bonchev–Trinajstić information content (AvgIpc) is 2.84. The van der Waals surface area contributed by atoms with Crippen LogP contribution in [0.15, 0.2) is 65.5 Å². The molecule has 1 saturated heterocycles. The minimum Gasteiger partial charge on any atom is -0.352 e. The molecule has 0 saturated carbocycles. The third kappa shape index (κ3) is 5.17. The van der Waals surface area contributed by atoms with E-state index in [1.807, 2.05) is 29.2 Å².